The van der Waals surface area contributed by atoms with E-state index in [1.165, 1.54) is 0 Å². The number of amides is 1. The molecule has 3 nitrogen and oxygen atoms in total. The average molecular weight is 202 g/mol. The number of nitrogens with zero attached hydrogens (tertiary/aromatic N) is 1. The molecule has 0 aliphatic rings. The van der Waals surface area contributed by atoms with Crippen molar-refractivity contribution in [2.75, 3.05) is 14.1 Å². The summed E-state index contributed by atoms with van der Waals surface area (Å²) in [5.41, 5.74) is 1.42. The summed E-state index contributed by atoms with van der Waals surface area (Å²) in [4.78, 5) is 13.2. The number of fused-ring (bicyclic) bond motifs is 1. The van der Waals surface area contributed by atoms with Gasteiger partial charge in [0.1, 0.15) is 11.3 Å². The highest BCUT2D eigenvalue weighted by Gasteiger charge is 2.09. The van der Waals surface area contributed by atoms with E-state index in [2.05, 4.69) is 6.92 Å². The molecule has 1 amide bonds. The SMILES string of the molecule is [CH2]c1cc2cc(C(=O)N(C)C)ccc2o1. The Labute approximate surface area is 88.3 Å². The molecule has 1 radical (unpaired) electrons. The van der Waals surface area contributed by atoms with Crippen molar-refractivity contribution in [2.45, 2.75) is 0 Å². The van der Waals surface area contributed by atoms with Crippen molar-refractivity contribution in [3.63, 3.8) is 0 Å². The van der Waals surface area contributed by atoms with Crippen molar-refractivity contribution in [3.8, 4) is 0 Å². The summed E-state index contributed by atoms with van der Waals surface area (Å²) in [6.07, 6.45) is 0. The smallest absolute Gasteiger partial charge is 0.253 e. The van der Waals surface area contributed by atoms with Gasteiger partial charge in [-0.25, -0.2) is 0 Å². The molecule has 0 N–H and O–H groups in total. The zero-order valence-electron chi connectivity index (χ0n) is 8.78. The fourth-order valence-electron chi connectivity index (χ4n) is 1.49. The summed E-state index contributed by atoms with van der Waals surface area (Å²) in [5.74, 6) is 0.600. The quantitative estimate of drug-likeness (QED) is 0.711. The number of hydrogen-bond acceptors (Lipinski definition) is 2. The first-order chi connectivity index (χ1) is 7.08. The van der Waals surface area contributed by atoms with Crippen LogP contribution in [0.15, 0.2) is 28.7 Å². The molecular weight excluding hydrogens is 190 g/mol. The number of benzene rings is 1. The van der Waals surface area contributed by atoms with Crippen molar-refractivity contribution < 1.29 is 9.21 Å². The van der Waals surface area contributed by atoms with E-state index in [1.807, 2.05) is 12.1 Å². The third-order valence-corrected chi connectivity index (χ3v) is 2.22. The molecular formula is C12H12NO2. The van der Waals surface area contributed by atoms with Crippen molar-refractivity contribution in [1.82, 2.24) is 4.90 Å². The maximum Gasteiger partial charge on any atom is 0.253 e. The normalized spacial score (nSPS) is 10.6. The first-order valence-corrected chi connectivity index (χ1v) is 4.65. The predicted octanol–water partition coefficient (Wildman–Crippen LogP) is 2.32. The molecule has 0 aliphatic heterocycles. The molecule has 2 rings (SSSR count). The molecule has 3 heteroatoms. The molecule has 0 spiro atoms. The molecule has 0 aliphatic carbocycles. The number of furan rings is 1. The summed E-state index contributed by atoms with van der Waals surface area (Å²) < 4.78 is 5.33. The van der Waals surface area contributed by atoms with Crippen LogP contribution in [-0.4, -0.2) is 24.9 Å². The highest BCUT2D eigenvalue weighted by Crippen LogP contribution is 2.20. The summed E-state index contributed by atoms with van der Waals surface area (Å²) in [6, 6.07) is 7.19. The molecule has 1 aromatic carbocycles. The molecule has 0 saturated carbocycles. The standard InChI is InChI=1S/C12H12NO2/c1-8-6-10-7-9(12(14)13(2)3)4-5-11(10)15-8/h4-7H,1H2,2-3H3. The number of carbonyl (C=O) groups excluding carboxylic acids is 1. The third-order valence-electron chi connectivity index (χ3n) is 2.22. The lowest BCUT2D eigenvalue weighted by molar-refractivity contribution is 0.0828. The monoisotopic (exact) mass is 202 g/mol. The lowest BCUT2D eigenvalue weighted by atomic mass is 10.1. The number of rotatable bonds is 1. The first kappa shape index (κ1) is 9.77. The van der Waals surface area contributed by atoms with Gasteiger partial charge in [0.2, 0.25) is 0 Å². The maximum atomic E-state index is 11.7. The van der Waals surface area contributed by atoms with Gasteiger partial charge in [0, 0.05) is 32.0 Å². The van der Waals surface area contributed by atoms with Gasteiger partial charge in [-0.3, -0.25) is 4.79 Å². The van der Waals surface area contributed by atoms with Gasteiger partial charge >= 0.3 is 0 Å². The highest BCUT2D eigenvalue weighted by atomic mass is 16.3. The molecule has 0 unspecified atom stereocenters. The highest BCUT2D eigenvalue weighted by molar-refractivity contribution is 5.97. The van der Waals surface area contributed by atoms with Gasteiger partial charge in [0.15, 0.2) is 0 Å². The van der Waals surface area contributed by atoms with Gasteiger partial charge in [0.05, 0.1) is 0 Å². The molecule has 15 heavy (non-hydrogen) atoms. The molecule has 77 valence electrons. The number of hydrogen-bond donors (Lipinski definition) is 0. The minimum absolute atomic E-state index is 0.0105. The van der Waals surface area contributed by atoms with Crippen LogP contribution in [-0.2, 0) is 0 Å². The Morgan fingerprint density at radius 3 is 2.73 bits per heavy atom. The van der Waals surface area contributed by atoms with Crippen LogP contribution in [0, 0.1) is 6.92 Å². The number of carbonyl (C=O) groups is 1. The van der Waals surface area contributed by atoms with E-state index in [1.54, 1.807) is 31.1 Å². The third kappa shape index (κ3) is 1.73. The van der Waals surface area contributed by atoms with Crippen molar-refractivity contribution >= 4 is 16.9 Å². The van der Waals surface area contributed by atoms with Crippen LogP contribution in [0.2, 0.25) is 0 Å². The van der Waals surface area contributed by atoms with Crippen molar-refractivity contribution in [3.05, 3.63) is 42.5 Å². The minimum Gasteiger partial charge on any atom is -0.461 e. The maximum absolute atomic E-state index is 11.7. The van der Waals surface area contributed by atoms with E-state index >= 15 is 0 Å². The van der Waals surface area contributed by atoms with Crippen LogP contribution < -0.4 is 0 Å². The van der Waals surface area contributed by atoms with E-state index in [0.717, 1.165) is 11.0 Å². The fourth-order valence-corrected chi connectivity index (χ4v) is 1.49. The topological polar surface area (TPSA) is 33.5 Å². The molecule has 0 bridgehead atoms. The lowest BCUT2D eigenvalue weighted by Crippen LogP contribution is -2.21. The van der Waals surface area contributed by atoms with Gasteiger partial charge in [0.25, 0.3) is 5.91 Å². The van der Waals surface area contributed by atoms with Crippen LogP contribution in [0.3, 0.4) is 0 Å². The Balaban J connectivity index is 2.51. The largest absolute Gasteiger partial charge is 0.461 e. The lowest BCUT2D eigenvalue weighted by Gasteiger charge is -2.09. The van der Waals surface area contributed by atoms with Gasteiger partial charge < -0.3 is 9.32 Å². The van der Waals surface area contributed by atoms with E-state index in [9.17, 15) is 4.79 Å². The molecule has 2 aromatic rings. The second-order valence-electron chi connectivity index (χ2n) is 3.66. The summed E-state index contributed by atoms with van der Waals surface area (Å²) in [7, 11) is 3.46. The Kier molecular flexibility index (Phi) is 2.23. The van der Waals surface area contributed by atoms with Crippen LogP contribution in [0.25, 0.3) is 11.0 Å². The second-order valence-corrected chi connectivity index (χ2v) is 3.66. The Hall–Kier alpha value is -1.77. The van der Waals surface area contributed by atoms with Gasteiger partial charge in [-0.15, -0.1) is 0 Å². The summed E-state index contributed by atoms with van der Waals surface area (Å²) in [6.45, 7) is 3.71. The summed E-state index contributed by atoms with van der Waals surface area (Å²) in [5, 5.41) is 0.910. The van der Waals surface area contributed by atoms with Gasteiger partial charge in [-0.2, -0.15) is 0 Å². The summed E-state index contributed by atoms with van der Waals surface area (Å²) >= 11 is 0. The Morgan fingerprint density at radius 1 is 1.33 bits per heavy atom. The van der Waals surface area contributed by atoms with Crippen molar-refractivity contribution in [1.29, 1.82) is 0 Å². The zero-order chi connectivity index (χ0) is 11.0. The first-order valence-electron chi connectivity index (χ1n) is 4.65. The zero-order valence-corrected chi connectivity index (χ0v) is 8.78. The molecule has 1 heterocycles. The van der Waals surface area contributed by atoms with Gasteiger partial charge in [-0.1, -0.05) is 0 Å². The molecule has 0 saturated heterocycles. The fraction of sp³-hybridized carbons (Fsp3) is 0.167. The minimum atomic E-state index is -0.0105. The molecule has 0 fully saturated rings. The molecule has 0 atom stereocenters. The average Bonchev–Trinajstić information content (AvgIpc) is 2.55. The van der Waals surface area contributed by atoms with E-state index in [4.69, 9.17) is 4.42 Å². The van der Waals surface area contributed by atoms with Crippen LogP contribution >= 0.6 is 0 Å². The second kappa shape index (κ2) is 3.42. The van der Waals surface area contributed by atoms with E-state index in [0.29, 0.717) is 11.3 Å². The predicted molar refractivity (Wildman–Crippen MR) is 58.7 cm³/mol. The van der Waals surface area contributed by atoms with Crippen LogP contribution in [0.1, 0.15) is 16.1 Å². The molecule has 1 aromatic heterocycles. The Bertz CT molecular complexity index is 511. The Morgan fingerprint density at radius 2 is 2.07 bits per heavy atom. The van der Waals surface area contributed by atoms with E-state index in [-0.39, 0.29) is 5.91 Å². The van der Waals surface area contributed by atoms with Crippen molar-refractivity contribution in [2.24, 2.45) is 0 Å². The van der Waals surface area contributed by atoms with E-state index < -0.39 is 0 Å². The van der Waals surface area contributed by atoms with Crippen LogP contribution in [0.4, 0.5) is 0 Å². The van der Waals surface area contributed by atoms with Crippen LogP contribution in [0.5, 0.6) is 0 Å². The van der Waals surface area contributed by atoms with Gasteiger partial charge in [-0.05, 0) is 24.3 Å².